The average Bonchev–Trinajstić information content (AvgIpc) is 2.28. The van der Waals surface area contributed by atoms with Gasteiger partial charge in [0.25, 0.3) is 0 Å². The van der Waals surface area contributed by atoms with Gasteiger partial charge in [0.2, 0.25) is 0 Å². The molecule has 1 unspecified atom stereocenters. The van der Waals surface area contributed by atoms with Gasteiger partial charge < -0.3 is 5.11 Å². The Kier molecular flexibility index (Phi) is 3.02. The number of hydrogen-bond acceptors (Lipinski definition) is 1. The van der Waals surface area contributed by atoms with Crippen molar-refractivity contribution in [2.24, 2.45) is 0 Å². The van der Waals surface area contributed by atoms with Crippen LogP contribution in [-0.2, 0) is 0 Å². The van der Waals surface area contributed by atoms with Crippen LogP contribution in [0.4, 0.5) is 13.2 Å². The van der Waals surface area contributed by atoms with E-state index in [4.69, 9.17) is 11.6 Å². The van der Waals surface area contributed by atoms with Gasteiger partial charge in [-0.2, -0.15) is 13.2 Å². The maximum Gasteiger partial charge on any atom is 0.418 e. The van der Waals surface area contributed by atoms with E-state index in [1.807, 2.05) is 0 Å². The van der Waals surface area contributed by atoms with Crippen molar-refractivity contribution < 1.29 is 18.3 Å². The lowest BCUT2D eigenvalue weighted by Crippen LogP contribution is -2.20. The number of hydrogen-bond donors (Lipinski definition) is 1. The van der Waals surface area contributed by atoms with Crippen LogP contribution in [0.2, 0.25) is 5.02 Å². The van der Waals surface area contributed by atoms with Gasteiger partial charge in [0.1, 0.15) is 0 Å². The van der Waals surface area contributed by atoms with Crippen LogP contribution in [0.1, 0.15) is 11.7 Å². The van der Waals surface area contributed by atoms with E-state index in [0.29, 0.717) is 15.8 Å². The maximum absolute atomic E-state index is 12.5. The number of halogens is 4. The molecule has 0 aliphatic carbocycles. The van der Waals surface area contributed by atoms with Crippen molar-refractivity contribution >= 4 is 22.4 Å². The summed E-state index contributed by atoms with van der Waals surface area (Å²) in [5, 5.41) is 10.4. The van der Waals surface area contributed by atoms with Crippen molar-refractivity contribution in [3.63, 3.8) is 0 Å². The summed E-state index contributed by atoms with van der Waals surface area (Å²) in [6.45, 7) is 0. The summed E-state index contributed by atoms with van der Waals surface area (Å²) in [7, 11) is 0. The fourth-order valence-electron chi connectivity index (χ4n) is 1.70. The van der Waals surface area contributed by atoms with Crippen LogP contribution in [0.5, 0.6) is 0 Å². The van der Waals surface area contributed by atoms with Gasteiger partial charge in [0.15, 0.2) is 6.10 Å². The molecule has 0 amide bonds. The molecule has 1 atom stereocenters. The first-order chi connectivity index (χ1) is 7.91. The summed E-state index contributed by atoms with van der Waals surface area (Å²) in [5.74, 6) is 0. The Labute approximate surface area is 100 Å². The van der Waals surface area contributed by atoms with Gasteiger partial charge in [0.05, 0.1) is 0 Å². The number of benzene rings is 2. The second-order valence-corrected chi connectivity index (χ2v) is 4.03. The Morgan fingerprint density at radius 1 is 1.00 bits per heavy atom. The molecule has 90 valence electrons. The molecule has 17 heavy (non-hydrogen) atoms. The number of alkyl halides is 3. The first kappa shape index (κ1) is 12.2. The van der Waals surface area contributed by atoms with E-state index in [9.17, 15) is 18.3 Å². The predicted octanol–water partition coefficient (Wildman–Crippen LogP) is 4.09. The Balaban J connectivity index is 2.67. The molecule has 0 heterocycles. The largest absolute Gasteiger partial charge is 0.418 e. The molecule has 2 aromatic carbocycles. The topological polar surface area (TPSA) is 20.2 Å². The summed E-state index contributed by atoms with van der Waals surface area (Å²) in [4.78, 5) is 0. The monoisotopic (exact) mass is 260 g/mol. The third-order valence-electron chi connectivity index (χ3n) is 2.51. The van der Waals surface area contributed by atoms with Crippen LogP contribution in [0.3, 0.4) is 0 Å². The molecule has 0 bridgehead atoms. The van der Waals surface area contributed by atoms with Crippen molar-refractivity contribution in [3.05, 3.63) is 47.0 Å². The molecule has 0 aromatic heterocycles. The number of aliphatic hydroxyl groups excluding tert-OH is 1. The summed E-state index contributed by atoms with van der Waals surface area (Å²) in [5.41, 5.74) is -0.183. The van der Waals surface area contributed by atoms with E-state index in [1.165, 1.54) is 18.2 Å². The van der Waals surface area contributed by atoms with E-state index in [0.717, 1.165) is 0 Å². The summed E-state index contributed by atoms with van der Waals surface area (Å²) < 4.78 is 37.4. The molecule has 0 aliphatic rings. The predicted molar refractivity (Wildman–Crippen MR) is 60.0 cm³/mol. The van der Waals surface area contributed by atoms with E-state index >= 15 is 0 Å². The lowest BCUT2D eigenvalue weighted by Gasteiger charge is -2.17. The lowest BCUT2D eigenvalue weighted by atomic mass is 10.00. The highest BCUT2D eigenvalue weighted by Gasteiger charge is 2.40. The number of aliphatic hydroxyl groups is 1. The number of fused-ring (bicyclic) bond motifs is 1. The number of rotatable bonds is 1. The third kappa shape index (κ3) is 2.23. The lowest BCUT2D eigenvalue weighted by molar-refractivity contribution is -0.206. The normalized spacial score (nSPS) is 13.9. The Hall–Kier alpha value is -1.26. The molecular weight excluding hydrogens is 253 g/mol. The molecule has 0 aliphatic heterocycles. The van der Waals surface area contributed by atoms with Gasteiger partial charge >= 0.3 is 6.18 Å². The molecule has 5 heteroatoms. The van der Waals surface area contributed by atoms with Crippen LogP contribution in [0, 0.1) is 0 Å². The van der Waals surface area contributed by atoms with Crippen molar-refractivity contribution in [1.29, 1.82) is 0 Å². The first-order valence-electron chi connectivity index (χ1n) is 4.83. The average molecular weight is 261 g/mol. The van der Waals surface area contributed by atoms with Crippen LogP contribution < -0.4 is 0 Å². The van der Waals surface area contributed by atoms with Crippen LogP contribution >= 0.6 is 11.6 Å². The zero-order valence-corrected chi connectivity index (χ0v) is 9.26. The zero-order valence-electron chi connectivity index (χ0n) is 8.50. The van der Waals surface area contributed by atoms with Gasteiger partial charge in [-0.3, -0.25) is 0 Å². The van der Waals surface area contributed by atoms with Crippen molar-refractivity contribution in [2.45, 2.75) is 12.3 Å². The highest BCUT2D eigenvalue weighted by Crippen LogP contribution is 2.37. The maximum atomic E-state index is 12.5. The smallest absolute Gasteiger partial charge is 0.379 e. The summed E-state index contributed by atoms with van der Waals surface area (Å²) in [6.07, 6.45) is -7.18. The molecule has 2 aromatic rings. The van der Waals surface area contributed by atoms with Crippen LogP contribution in [-0.4, -0.2) is 11.3 Å². The van der Waals surface area contributed by atoms with E-state index in [-0.39, 0.29) is 5.56 Å². The quantitative estimate of drug-likeness (QED) is 0.819. The van der Waals surface area contributed by atoms with Gasteiger partial charge in [-0.15, -0.1) is 0 Å². The third-order valence-corrected chi connectivity index (χ3v) is 2.84. The minimum Gasteiger partial charge on any atom is -0.379 e. The SMILES string of the molecule is OC(c1ccc(Cl)c2ccccc12)C(F)(F)F. The Morgan fingerprint density at radius 3 is 2.18 bits per heavy atom. The van der Waals surface area contributed by atoms with Gasteiger partial charge in [-0.25, -0.2) is 0 Å². The Bertz CT molecular complexity index is 551. The fourth-order valence-corrected chi connectivity index (χ4v) is 1.93. The molecule has 0 saturated heterocycles. The van der Waals surface area contributed by atoms with E-state index < -0.39 is 12.3 Å². The fraction of sp³-hybridized carbons (Fsp3) is 0.167. The van der Waals surface area contributed by atoms with E-state index in [1.54, 1.807) is 18.2 Å². The van der Waals surface area contributed by atoms with Gasteiger partial charge in [-0.05, 0) is 17.0 Å². The highest BCUT2D eigenvalue weighted by molar-refractivity contribution is 6.35. The summed E-state index contributed by atoms with van der Waals surface area (Å²) >= 11 is 5.89. The summed E-state index contributed by atoms with van der Waals surface area (Å²) in [6, 6.07) is 8.95. The molecule has 1 N–H and O–H groups in total. The molecule has 0 fully saturated rings. The van der Waals surface area contributed by atoms with Crippen molar-refractivity contribution in [3.8, 4) is 0 Å². The van der Waals surface area contributed by atoms with Gasteiger partial charge in [0, 0.05) is 10.4 Å². The molecule has 0 spiro atoms. The van der Waals surface area contributed by atoms with Crippen molar-refractivity contribution in [2.75, 3.05) is 0 Å². The van der Waals surface area contributed by atoms with Crippen molar-refractivity contribution in [1.82, 2.24) is 0 Å². The van der Waals surface area contributed by atoms with Crippen LogP contribution in [0.25, 0.3) is 10.8 Å². The molecule has 0 radical (unpaired) electrons. The Morgan fingerprint density at radius 2 is 1.59 bits per heavy atom. The van der Waals surface area contributed by atoms with Gasteiger partial charge in [-0.1, -0.05) is 41.9 Å². The standard InChI is InChI=1S/C12H8ClF3O/c13-10-6-5-9(11(17)12(14,15)16)7-3-1-2-4-8(7)10/h1-6,11,17H. The molecule has 1 nitrogen and oxygen atoms in total. The zero-order chi connectivity index (χ0) is 12.6. The molecular formula is C12H8ClF3O. The minimum absolute atomic E-state index is 0.183. The first-order valence-corrected chi connectivity index (χ1v) is 5.21. The molecule has 0 saturated carbocycles. The molecule has 2 rings (SSSR count). The second-order valence-electron chi connectivity index (χ2n) is 3.63. The second kappa shape index (κ2) is 4.20. The van der Waals surface area contributed by atoms with Crippen LogP contribution in [0.15, 0.2) is 36.4 Å². The highest BCUT2D eigenvalue weighted by atomic mass is 35.5. The minimum atomic E-state index is -4.68. The van der Waals surface area contributed by atoms with E-state index in [2.05, 4.69) is 0 Å².